The maximum Gasteiger partial charge on any atom is 0.0468 e. The quantitative estimate of drug-likeness (QED) is 0.160. The second-order valence-electron chi connectivity index (χ2n) is 13.7. The molecule has 0 spiro atoms. The van der Waals surface area contributed by atoms with Crippen LogP contribution in [0, 0.1) is 0 Å². The molecule has 1 heterocycles. The van der Waals surface area contributed by atoms with Gasteiger partial charge in [-0.05, 0) is 110 Å². The van der Waals surface area contributed by atoms with Gasteiger partial charge in [-0.25, -0.2) is 0 Å². The molecule has 0 bridgehead atoms. The van der Waals surface area contributed by atoms with Crippen LogP contribution in [-0.4, -0.2) is 0 Å². The zero-order chi connectivity index (χ0) is 35.8. The molecule has 0 saturated heterocycles. The summed E-state index contributed by atoms with van der Waals surface area (Å²) in [6.07, 6.45) is 0. The summed E-state index contributed by atoms with van der Waals surface area (Å²) in [5.74, 6) is 0. The van der Waals surface area contributed by atoms with Crippen LogP contribution in [0.3, 0.4) is 0 Å². The lowest BCUT2D eigenvalue weighted by molar-refractivity contribution is 1.29. The average Bonchev–Trinajstić information content (AvgIpc) is 3.63. The van der Waals surface area contributed by atoms with E-state index in [4.69, 9.17) is 0 Å². The monoisotopic (exact) mass is 705 g/mol. The number of thiophene rings is 1. The van der Waals surface area contributed by atoms with Crippen LogP contribution >= 0.6 is 11.3 Å². The minimum atomic E-state index is 1.11. The molecular weight excluding hydrogens is 671 g/mol. The van der Waals surface area contributed by atoms with Gasteiger partial charge in [-0.3, -0.25) is 0 Å². The second-order valence-corrected chi connectivity index (χ2v) is 14.8. The maximum atomic E-state index is 2.38. The van der Waals surface area contributed by atoms with Crippen LogP contribution in [0.2, 0.25) is 0 Å². The molecule has 54 heavy (non-hydrogen) atoms. The molecule has 0 radical (unpaired) electrons. The Balaban J connectivity index is 1.05. The minimum absolute atomic E-state index is 1.11. The third-order valence-electron chi connectivity index (χ3n) is 10.5. The Morgan fingerprint density at radius 1 is 0.278 bits per heavy atom. The van der Waals surface area contributed by atoms with Crippen molar-refractivity contribution < 1.29 is 0 Å². The van der Waals surface area contributed by atoms with E-state index in [1.165, 1.54) is 75.5 Å². The van der Waals surface area contributed by atoms with Crippen LogP contribution in [0.5, 0.6) is 0 Å². The van der Waals surface area contributed by atoms with Crippen molar-refractivity contribution in [3.05, 3.63) is 212 Å². The fraction of sp³-hybridized carbons (Fsp3) is 0. The number of anilines is 3. The number of hydrogen-bond donors (Lipinski definition) is 0. The third-order valence-corrected chi connectivity index (χ3v) is 11.6. The highest BCUT2D eigenvalue weighted by molar-refractivity contribution is 7.25. The molecule has 254 valence electrons. The van der Waals surface area contributed by atoms with Gasteiger partial charge in [0.2, 0.25) is 0 Å². The Morgan fingerprint density at radius 3 is 1.56 bits per heavy atom. The van der Waals surface area contributed by atoms with E-state index in [2.05, 4.69) is 217 Å². The lowest BCUT2D eigenvalue weighted by Gasteiger charge is -2.26. The SMILES string of the molecule is c1ccc(-c2ccc(N(c3ccc(-c4ccccc4-c4cccc(-c5cccc6ccccc56)c4)cc3)c3ccc4sc5ccccc5c4c3)cc2)cc1. The van der Waals surface area contributed by atoms with Crippen molar-refractivity contribution in [3.63, 3.8) is 0 Å². The summed E-state index contributed by atoms with van der Waals surface area (Å²) in [5, 5.41) is 5.11. The van der Waals surface area contributed by atoms with E-state index in [1.807, 2.05) is 11.3 Å². The van der Waals surface area contributed by atoms with E-state index in [9.17, 15) is 0 Å². The largest absolute Gasteiger partial charge is 0.310 e. The summed E-state index contributed by atoms with van der Waals surface area (Å²) in [5.41, 5.74) is 13.1. The van der Waals surface area contributed by atoms with Gasteiger partial charge in [0.25, 0.3) is 0 Å². The fourth-order valence-electron chi connectivity index (χ4n) is 7.84. The van der Waals surface area contributed by atoms with Gasteiger partial charge >= 0.3 is 0 Å². The van der Waals surface area contributed by atoms with Gasteiger partial charge in [-0.1, -0.05) is 158 Å². The van der Waals surface area contributed by atoms with Crippen LogP contribution in [0.1, 0.15) is 0 Å². The van der Waals surface area contributed by atoms with Crippen molar-refractivity contribution in [3.8, 4) is 44.5 Å². The molecule has 1 nitrogen and oxygen atoms in total. The summed E-state index contributed by atoms with van der Waals surface area (Å²) in [6, 6.07) is 77.1. The standard InChI is InChI=1S/C52H35NS/c1-2-12-36(13-3-1)37-24-28-42(29-25-37)53(44-32-33-52-50(35-44)49-21-8-9-23-51(49)54-52)43-30-26-39(27-31-43)46-19-6-7-20-47(46)40-16-10-17-41(34-40)48-22-11-15-38-14-4-5-18-45(38)48/h1-35H. The lowest BCUT2D eigenvalue weighted by Crippen LogP contribution is -2.09. The molecule has 0 fully saturated rings. The Morgan fingerprint density at radius 2 is 0.778 bits per heavy atom. The highest BCUT2D eigenvalue weighted by Gasteiger charge is 2.17. The second kappa shape index (κ2) is 13.7. The normalized spacial score (nSPS) is 11.3. The molecule has 0 aliphatic heterocycles. The average molecular weight is 706 g/mol. The zero-order valence-electron chi connectivity index (χ0n) is 29.6. The highest BCUT2D eigenvalue weighted by Crippen LogP contribution is 2.42. The number of fused-ring (bicyclic) bond motifs is 4. The molecule has 0 unspecified atom stereocenters. The van der Waals surface area contributed by atoms with Crippen molar-refractivity contribution in [1.29, 1.82) is 0 Å². The number of benzene rings is 9. The topological polar surface area (TPSA) is 3.24 Å². The molecule has 0 amide bonds. The van der Waals surface area contributed by atoms with Crippen LogP contribution in [0.15, 0.2) is 212 Å². The molecule has 1 aromatic heterocycles. The van der Waals surface area contributed by atoms with Crippen LogP contribution < -0.4 is 4.90 Å². The van der Waals surface area contributed by atoms with E-state index in [-0.39, 0.29) is 0 Å². The first-order valence-corrected chi connectivity index (χ1v) is 19.2. The molecule has 0 N–H and O–H groups in total. The van der Waals surface area contributed by atoms with Crippen molar-refractivity contribution in [2.45, 2.75) is 0 Å². The molecule has 9 aromatic carbocycles. The predicted octanol–water partition coefficient (Wildman–Crippen LogP) is 15.3. The number of rotatable bonds is 7. The first-order valence-electron chi connectivity index (χ1n) is 18.4. The summed E-state index contributed by atoms with van der Waals surface area (Å²) in [7, 11) is 0. The van der Waals surface area contributed by atoms with Gasteiger partial charge in [-0.15, -0.1) is 11.3 Å². The smallest absolute Gasteiger partial charge is 0.0468 e. The first-order chi connectivity index (χ1) is 26.8. The number of hydrogen-bond acceptors (Lipinski definition) is 2. The number of nitrogens with zero attached hydrogens (tertiary/aromatic N) is 1. The molecule has 0 saturated carbocycles. The molecule has 0 aliphatic rings. The van der Waals surface area contributed by atoms with E-state index >= 15 is 0 Å². The van der Waals surface area contributed by atoms with Gasteiger partial charge in [0.1, 0.15) is 0 Å². The van der Waals surface area contributed by atoms with Gasteiger partial charge in [0.15, 0.2) is 0 Å². The van der Waals surface area contributed by atoms with E-state index in [1.54, 1.807) is 0 Å². The van der Waals surface area contributed by atoms with Crippen molar-refractivity contribution in [1.82, 2.24) is 0 Å². The summed E-state index contributed by atoms with van der Waals surface area (Å²) < 4.78 is 2.62. The summed E-state index contributed by atoms with van der Waals surface area (Å²) >= 11 is 1.85. The van der Waals surface area contributed by atoms with Crippen molar-refractivity contribution >= 4 is 59.3 Å². The van der Waals surface area contributed by atoms with Gasteiger partial charge < -0.3 is 4.90 Å². The maximum absolute atomic E-state index is 2.38. The highest BCUT2D eigenvalue weighted by atomic mass is 32.1. The minimum Gasteiger partial charge on any atom is -0.310 e. The first kappa shape index (κ1) is 32.0. The summed E-state index contributed by atoms with van der Waals surface area (Å²) in [4.78, 5) is 2.38. The van der Waals surface area contributed by atoms with Gasteiger partial charge in [0, 0.05) is 37.2 Å². The summed E-state index contributed by atoms with van der Waals surface area (Å²) in [6.45, 7) is 0. The van der Waals surface area contributed by atoms with Gasteiger partial charge in [-0.2, -0.15) is 0 Å². The zero-order valence-corrected chi connectivity index (χ0v) is 30.4. The Labute approximate surface area is 319 Å². The van der Waals surface area contributed by atoms with Crippen LogP contribution in [-0.2, 0) is 0 Å². The fourth-order valence-corrected chi connectivity index (χ4v) is 8.93. The molecule has 0 aliphatic carbocycles. The van der Waals surface area contributed by atoms with E-state index in [0.29, 0.717) is 0 Å². The van der Waals surface area contributed by atoms with Crippen molar-refractivity contribution in [2.75, 3.05) is 4.90 Å². The third kappa shape index (κ3) is 5.84. The Hall–Kier alpha value is -6.74. The molecular formula is C52H35NS. The Bertz CT molecular complexity index is 2920. The lowest BCUT2D eigenvalue weighted by atomic mass is 9.91. The van der Waals surface area contributed by atoms with E-state index in [0.717, 1.165) is 17.1 Å². The molecule has 2 heteroatoms. The molecule has 10 aromatic rings. The van der Waals surface area contributed by atoms with Gasteiger partial charge in [0.05, 0.1) is 0 Å². The van der Waals surface area contributed by atoms with Crippen LogP contribution in [0.25, 0.3) is 75.5 Å². The van der Waals surface area contributed by atoms with E-state index < -0.39 is 0 Å². The predicted molar refractivity (Wildman–Crippen MR) is 233 cm³/mol. The molecule has 0 atom stereocenters. The van der Waals surface area contributed by atoms with Crippen molar-refractivity contribution in [2.24, 2.45) is 0 Å². The molecule has 10 rings (SSSR count). The van der Waals surface area contributed by atoms with Crippen LogP contribution in [0.4, 0.5) is 17.1 Å². The Kier molecular flexibility index (Phi) is 8.09.